The molecule has 1 aromatic heterocycles. The first-order valence-corrected chi connectivity index (χ1v) is 8.30. The maximum absolute atomic E-state index is 12.2. The molecule has 0 saturated carbocycles. The third-order valence-corrected chi connectivity index (χ3v) is 5.22. The van der Waals surface area contributed by atoms with Crippen LogP contribution >= 0.6 is 11.8 Å². The Morgan fingerprint density at radius 2 is 2.14 bits per heavy atom. The van der Waals surface area contributed by atoms with Crippen LogP contribution in [0.5, 0.6) is 0 Å². The van der Waals surface area contributed by atoms with Crippen LogP contribution in [0.3, 0.4) is 0 Å². The molecule has 1 amide bonds. The summed E-state index contributed by atoms with van der Waals surface area (Å²) in [5, 5.41) is 3.00. The van der Waals surface area contributed by atoms with E-state index in [9.17, 15) is 4.79 Å². The first kappa shape index (κ1) is 17.5. The van der Waals surface area contributed by atoms with Crippen molar-refractivity contribution in [1.29, 1.82) is 0 Å². The molecule has 0 fully saturated rings. The highest BCUT2D eigenvalue weighted by Gasteiger charge is 2.25. The number of amides is 1. The normalized spacial score (nSPS) is 10.7. The lowest BCUT2D eigenvalue weighted by Crippen LogP contribution is -2.39. The van der Waals surface area contributed by atoms with Gasteiger partial charge in [0.15, 0.2) is 0 Å². The van der Waals surface area contributed by atoms with E-state index < -0.39 is 0 Å². The van der Waals surface area contributed by atoms with E-state index in [0.717, 1.165) is 12.8 Å². The number of pyridine rings is 1. The van der Waals surface area contributed by atoms with Crippen LogP contribution in [0.2, 0.25) is 0 Å². The van der Waals surface area contributed by atoms with E-state index in [1.807, 2.05) is 0 Å². The Hall–Kier alpha value is -1.51. The molecule has 114 valence electrons. The van der Waals surface area contributed by atoms with Gasteiger partial charge in [0.2, 0.25) is 0 Å². The SMILES string of the molecule is CCC(CC)(CNC(=O)c1cncc(C#CCN)c1)SC. The van der Waals surface area contributed by atoms with E-state index in [2.05, 4.69) is 42.2 Å². The van der Waals surface area contributed by atoms with Gasteiger partial charge in [-0.25, -0.2) is 0 Å². The second-order valence-corrected chi connectivity index (χ2v) is 6.02. The van der Waals surface area contributed by atoms with Gasteiger partial charge in [0.05, 0.1) is 12.1 Å². The van der Waals surface area contributed by atoms with Crippen molar-refractivity contribution in [2.45, 2.75) is 31.4 Å². The van der Waals surface area contributed by atoms with Gasteiger partial charge in [0.1, 0.15) is 0 Å². The summed E-state index contributed by atoms with van der Waals surface area (Å²) in [4.78, 5) is 16.3. The first-order valence-electron chi connectivity index (χ1n) is 7.08. The zero-order chi connectivity index (χ0) is 15.7. The Kier molecular flexibility index (Phi) is 7.27. The van der Waals surface area contributed by atoms with E-state index in [0.29, 0.717) is 24.2 Å². The van der Waals surface area contributed by atoms with Gasteiger partial charge in [-0.05, 0) is 25.2 Å². The van der Waals surface area contributed by atoms with Crippen LogP contribution in [-0.4, -0.2) is 35.0 Å². The molecule has 4 nitrogen and oxygen atoms in total. The molecule has 21 heavy (non-hydrogen) atoms. The maximum atomic E-state index is 12.2. The Balaban J connectivity index is 2.76. The lowest BCUT2D eigenvalue weighted by molar-refractivity contribution is 0.0948. The van der Waals surface area contributed by atoms with E-state index in [4.69, 9.17) is 5.73 Å². The molecule has 0 bridgehead atoms. The number of nitrogens with two attached hydrogens (primary N) is 1. The minimum atomic E-state index is -0.112. The largest absolute Gasteiger partial charge is 0.351 e. The molecule has 5 heteroatoms. The molecule has 0 saturated heterocycles. The van der Waals surface area contributed by atoms with Crippen LogP contribution in [0, 0.1) is 11.8 Å². The molecular weight excluding hydrogens is 282 g/mol. The molecule has 0 atom stereocenters. The molecule has 0 radical (unpaired) electrons. The van der Waals surface area contributed by atoms with Crippen LogP contribution in [0.1, 0.15) is 42.6 Å². The topological polar surface area (TPSA) is 68.0 Å². The summed E-state index contributed by atoms with van der Waals surface area (Å²) in [6.45, 7) is 5.24. The van der Waals surface area contributed by atoms with Gasteiger partial charge in [-0.2, -0.15) is 11.8 Å². The Bertz CT molecular complexity index is 522. The summed E-state index contributed by atoms with van der Waals surface area (Å²) in [5.74, 6) is 5.53. The number of carbonyl (C=O) groups excluding carboxylic acids is 1. The number of nitrogens with zero attached hydrogens (tertiary/aromatic N) is 1. The number of nitrogens with one attached hydrogen (secondary N) is 1. The highest BCUT2D eigenvalue weighted by Crippen LogP contribution is 2.29. The Labute approximate surface area is 131 Å². The van der Waals surface area contributed by atoms with Crippen molar-refractivity contribution in [1.82, 2.24) is 10.3 Å². The first-order chi connectivity index (χ1) is 10.1. The molecule has 1 heterocycles. The van der Waals surface area contributed by atoms with Crippen LogP contribution in [0.15, 0.2) is 18.5 Å². The van der Waals surface area contributed by atoms with Crippen molar-refractivity contribution in [2.24, 2.45) is 5.73 Å². The van der Waals surface area contributed by atoms with Crippen LogP contribution in [0.25, 0.3) is 0 Å². The minimum absolute atomic E-state index is 0.0973. The fourth-order valence-electron chi connectivity index (χ4n) is 1.99. The lowest BCUT2D eigenvalue weighted by atomic mass is 10.0. The molecule has 0 aliphatic heterocycles. The van der Waals surface area contributed by atoms with Gasteiger partial charge in [0, 0.05) is 29.2 Å². The number of aromatic nitrogens is 1. The average Bonchev–Trinajstić information content (AvgIpc) is 2.54. The number of hydrogen-bond donors (Lipinski definition) is 2. The third-order valence-electron chi connectivity index (χ3n) is 3.63. The lowest BCUT2D eigenvalue weighted by Gasteiger charge is -2.29. The van der Waals surface area contributed by atoms with Crippen molar-refractivity contribution < 1.29 is 4.79 Å². The van der Waals surface area contributed by atoms with Crippen LogP contribution in [-0.2, 0) is 0 Å². The molecule has 0 aliphatic rings. The van der Waals surface area contributed by atoms with Crippen LogP contribution < -0.4 is 11.1 Å². The number of thioether (sulfide) groups is 1. The van der Waals surface area contributed by atoms with Crippen LogP contribution in [0.4, 0.5) is 0 Å². The summed E-state index contributed by atoms with van der Waals surface area (Å²) in [6, 6.07) is 1.74. The van der Waals surface area contributed by atoms with Gasteiger partial charge in [-0.15, -0.1) is 0 Å². The van der Waals surface area contributed by atoms with E-state index >= 15 is 0 Å². The minimum Gasteiger partial charge on any atom is -0.351 e. The molecule has 1 rings (SSSR count). The van der Waals surface area contributed by atoms with Crippen molar-refractivity contribution in [3.05, 3.63) is 29.6 Å². The number of rotatable bonds is 6. The maximum Gasteiger partial charge on any atom is 0.252 e. The zero-order valence-corrected chi connectivity index (χ0v) is 13.7. The monoisotopic (exact) mass is 305 g/mol. The summed E-state index contributed by atoms with van der Waals surface area (Å²) >= 11 is 1.80. The Morgan fingerprint density at radius 3 is 2.71 bits per heavy atom. The van der Waals surface area contributed by atoms with Gasteiger partial charge < -0.3 is 11.1 Å². The van der Waals surface area contributed by atoms with Gasteiger partial charge in [0.25, 0.3) is 5.91 Å². The summed E-state index contributed by atoms with van der Waals surface area (Å²) in [6.07, 6.45) is 7.31. The molecule has 0 aliphatic carbocycles. The molecule has 0 aromatic carbocycles. The molecule has 1 aromatic rings. The van der Waals surface area contributed by atoms with Crippen molar-refractivity contribution >= 4 is 17.7 Å². The van der Waals surface area contributed by atoms with E-state index in [1.54, 1.807) is 30.2 Å². The molecule has 3 N–H and O–H groups in total. The van der Waals surface area contributed by atoms with Crippen molar-refractivity contribution in [2.75, 3.05) is 19.3 Å². The predicted octanol–water partition coefficient (Wildman–Crippen LogP) is 2.04. The van der Waals surface area contributed by atoms with E-state index in [1.165, 1.54) is 0 Å². The van der Waals surface area contributed by atoms with Gasteiger partial charge >= 0.3 is 0 Å². The second-order valence-electron chi connectivity index (χ2n) is 4.75. The quantitative estimate of drug-likeness (QED) is 0.789. The highest BCUT2D eigenvalue weighted by molar-refractivity contribution is 8.00. The smallest absolute Gasteiger partial charge is 0.252 e. The fraction of sp³-hybridized carbons (Fsp3) is 0.500. The van der Waals surface area contributed by atoms with Crippen molar-refractivity contribution in [3.63, 3.8) is 0 Å². The van der Waals surface area contributed by atoms with Gasteiger partial charge in [-0.1, -0.05) is 25.7 Å². The standard InChI is InChI=1S/C16H23N3OS/c1-4-16(5-2,21-3)12-19-15(20)14-9-13(7-6-8-17)10-18-11-14/h9-11H,4-5,8,12,17H2,1-3H3,(H,19,20). The third kappa shape index (κ3) is 5.07. The molecule has 0 spiro atoms. The molecular formula is C16H23N3OS. The van der Waals surface area contributed by atoms with Crippen molar-refractivity contribution in [3.8, 4) is 11.8 Å². The second kappa shape index (κ2) is 8.71. The number of carbonyl (C=O) groups is 1. The fourth-order valence-corrected chi connectivity index (χ4v) is 2.78. The average molecular weight is 305 g/mol. The zero-order valence-electron chi connectivity index (χ0n) is 12.9. The summed E-state index contributed by atoms with van der Waals surface area (Å²) in [5.41, 5.74) is 6.57. The summed E-state index contributed by atoms with van der Waals surface area (Å²) in [7, 11) is 0. The highest BCUT2D eigenvalue weighted by atomic mass is 32.2. The van der Waals surface area contributed by atoms with Gasteiger partial charge in [-0.3, -0.25) is 9.78 Å². The summed E-state index contributed by atoms with van der Waals surface area (Å²) < 4.78 is 0.0973. The van der Waals surface area contributed by atoms with E-state index in [-0.39, 0.29) is 10.7 Å². The predicted molar refractivity (Wildman–Crippen MR) is 89.3 cm³/mol. The molecule has 0 unspecified atom stereocenters. The number of hydrogen-bond acceptors (Lipinski definition) is 4. The Morgan fingerprint density at radius 1 is 1.43 bits per heavy atom.